The number of benzene rings is 2. The SMILES string of the molecule is O=c1[nH]c(O)c(C=Nc2ccc(Nc3ccccc3)cc2)c(=O)[nH]1. The molecular weight excluding hydrogens is 308 g/mol. The maximum Gasteiger partial charge on any atom is 0.328 e. The van der Waals surface area contributed by atoms with Crippen molar-refractivity contribution in [3.8, 4) is 5.88 Å². The largest absolute Gasteiger partial charge is 0.494 e. The molecule has 120 valence electrons. The van der Waals surface area contributed by atoms with Gasteiger partial charge in [-0.15, -0.1) is 0 Å². The van der Waals surface area contributed by atoms with Crippen LogP contribution in [0.1, 0.15) is 5.56 Å². The number of nitrogens with zero attached hydrogens (tertiary/aromatic N) is 1. The maximum absolute atomic E-state index is 11.6. The second-order valence-corrected chi connectivity index (χ2v) is 4.97. The van der Waals surface area contributed by atoms with E-state index in [2.05, 4.69) is 15.3 Å². The number of aromatic nitrogens is 2. The highest BCUT2D eigenvalue weighted by molar-refractivity contribution is 5.84. The van der Waals surface area contributed by atoms with Gasteiger partial charge in [-0.25, -0.2) is 4.79 Å². The molecular formula is C17H14N4O3. The summed E-state index contributed by atoms with van der Waals surface area (Å²) in [5.41, 5.74) is 0.872. The number of nitrogens with one attached hydrogen (secondary N) is 3. The summed E-state index contributed by atoms with van der Waals surface area (Å²) in [5, 5.41) is 12.8. The molecule has 0 aliphatic carbocycles. The highest BCUT2D eigenvalue weighted by Crippen LogP contribution is 2.20. The Morgan fingerprint density at radius 2 is 1.58 bits per heavy atom. The lowest BCUT2D eigenvalue weighted by atomic mass is 10.2. The van der Waals surface area contributed by atoms with E-state index in [4.69, 9.17) is 0 Å². The van der Waals surface area contributed by atoms with Crippen LogP contribution in [-0.4, -0.2) is 21.3 Å². The van der Waals surface area contributed by atoms with Gasteiger partial charge in [0.2, 0.25) is 5.88 Å². The topological polar surface area (TPSA) is 110 Å². The Balaban J connectivity index is 1.77. The molecule has 7 nitrogen and oxygen atoms in total. The zero-order chi connectivity index (χ0) is 16.9. The average molecular weight is 322 g/mol. The maximum atomic E-state index is 11.6. The number of H-pyrrole nitrogens is 2. The second kappa shape index (κ2) is 6.66. The van der Waals surface area contributed by atoms with Crippen LogP contribution in [0.25, 0.3) is 0 Å². The summed E-state index contributed by atoms with van der Waals surface area (Å²) in [6.07, 6.45) is 1.20. The Hall–Kier alpha value is -3.61. The fraction of sp³-hybridized carbons (Fsp3) is 0. The highest BCUT2D eigenvalue weighted by atomic mass is 16.3. The number of aliphatic imine (C=N–C) groups is 1. The van der Waals surface area contributed by atoms with Gasteiger partial charge in [0.05, 0.1) is 5.69 Å². The molecule has 1 heterocycles. The van der Waals surface area contributed by atoms with Gasteiger partial charge < -0.3 is 10.4 Å². The molecule has 4 N–H and O–H groups in total. The summed E-state index contributed by atoms with van der Waals surface area (Å²) < 4.78 is 0. The summed E-state index contributed by atoms with van der Waals surface area (Å²) in [6.45, 7) is 0. The molecule has 0 fully saturated rings. The van der Waals surface area contributed by atoms with Gasteiger partial charge in [0, 0.05) is 17.6 Å². The first-order chi connectivity index (χ1) is 11.6. The first-order valence-corrected chi connectivity index (χ1v) is 7.13. The lowest BCUT2D eigenvalue weighted by Crippen LogP contribution is -2.24. The molecule has 1 aromatic heterocycles. The second-order valence-electron chi connectivity index (χ2n) is 4.97. The number of hydrogen-bond acceptors (Lipinski definition) is 5. The van der Waals surface area contributed by atoms with Gasteiger partial charge in [-0.1, -0.05) is 18.2 Å². The zero-order valence-corrected chi connectivity index (χ0v) is 12.5. The van der Waals surface area contributed by atoms with Crippen LogP contribution in [0.3, 0.4) is 0 Å². The number of aromatic hydroxyl groups is 1. The molecule has 3 aromatic rings. The van der Waals surface area contributed by atoms with Crippen LogP contribution in [0.15, 0.2) is 69.2 Å². The van der Waals surface area contributed by atoms with Crippen molar-refractivity contribution in [3.63, 3.8) is 0 Å². The molecule has 2 aromatic carbocycles. The molecule has 0 atom stereocenters. The number of anilines is 2. The smallest absolute Gasteiger partial charge is 0.328 e. The van der Waals surface area contributed by atoms with Crippen molar-refractivity contribution < 1.29 is 5.11 Å². The molecule has 0 radical (unpaired) electrons. The van der Waals surface area contributed by atoms with E-state index < -0.39 is 17.1 Å². The predicted octanol–water partition coefficient (Wildman–Crippen LogP) is 2.26. The van der Waals surface area contributed by atoms with Crippen molar-refractivity contribution in [1.82, 2.24) is 9.97 Å². The monoisotopic (exact) mass is 322 g/mol. The Bertz CT molecular complexity index is 973. The van der Waals surface area contributed by atoms with Crippen molar-refractivity contribution in [3.05, 3.63) is 81.0 Å². The highest BCUT2D eigenvalue weighted by Gasteiger charge is 2.05. The number of hydrogen-bond donors (Lipinski definition) is 4. The van der Waals surface area contributed by atoms with Crippen molar-refractivity contribution in [2.75, 3.05) is 5.32 Å². The van der Waals surface area contributed by atoms with Gasteiger partial charge in [-0.05, 0) is 36.4 Å². The minimum Gasteiger partial charge on any atom is -0.494 e. The molecule has 24 heavy (non-hydrogen) atoms. The van der Waals surface area contributed by atoms with E-state index >= 15 is 0 Å². The summed E-state index contributed by atoms with van der Waals surface area (Å²) in [7, 11) is 0. The quantitative estimate of drug-likeness (QED) is 0.552. The first-order valence-electron chi connectivity index (χ1n) is 7.13. The van der Waals surface area contributed by atoms with Crippen LogP contribution < -0.4 is 16.6 Å². The fourth-order valence-corrected chi connectivity index (χ4v) is 2.06. The van der Waals surface area contributed by atoms with Gasteiger partial charge in [-0.3, -0.25) is 19.8 Å². The van der Waals surface area contributed by atoms with Crippen molar-refractivity contribution in [1.29, 1.82) is 0 Å². The van der Waals surface area contributed by atoms with E-state index in [1.807, 2.05) is 47.4 Å². The van der Waals surface area contributed by atoms with Crippen LogP contribution in [-0.2, 0) is 0 Å². The Morgan fingerprint density at radius 1 is 0.917 bits per heavy atom. The van der Waals surface area contributed by atoms with E-state index in [0.29, 0.717) is 5.69 Å². The zero-order valence-electron chi connectivity index (χ0n) is 12.5. The van der Waals surface area contributed by atoms with Crippen LogP contribution in [0.4, 0.5) is 17.1 Å². The summed E-state index contributed by atoms with van der Waals surface area (Å²) in [5.74, 6) is -0.519. The van der Waals surface area contributed by atoms with Gasteiger partial charge in [0.25, 0.3) is 5.56 Å². The fourth-order valence-electron chi connectivity index (χ4n) is 2.06. The Labute approximate surface area is 136 Å². The van der Waals surface area contributed by atoms with Crippen molar-refractivity contribution >= 4 is 23.3 Å². The third-order valence-electron chi connectivity index (χ3n) is 3.23. The standard InChI is InChI=1S/C17H14N4O3/c22-15-14(16(23)21-17(24)20-15)10-18-11-6-8-13(9-7-11)19-12-4-2-1-3-5-12/h1-10,19H,(H3,20,21,22,23,24). The van der Waals surface area contributed by atoms with E-state index in [1.54, 1.807) is 12.1 Å². The lowest BCUT2D eigenvalue weighted by Gasteiger charge is -2.06. The third kappa shape index (κ3) is 3.58. The Morgan fingerprint density at radius 3 is 2.25 bits per heavy atom. The minimum absolute atomic E-state index is 0.110. The van der Waals surface area contributed by atoms with Crippen LogP contribution >= 0.6 is 0 Å². The molecule has 0 spiro atoms. The molecule has 0 saturated carbocycles. The van der Waals surface area contributed by atoms with Crippen LogP contribution in [0.2, 0.25) is 0 Å². The van der Waals surface area contributed by atoms with E-state index in [1.165, 1.54) is 6.21 Å². The Kier molecular flexibility index (Phi) is 4.24. The average Bonchev–Trinajstić information content (AvgIpc) is 2.56. The van der Waals surface area contributed by atoms with Gasteiger partial charge in [0.1, 0.15) is 5.56 Å². The lowest BCUT2D eigenvalue weighted by molar-refractivity contribution is 0.447. The third-order valence-corrected chi connectivity index (χ3v) is 3.23. The summed E-state index contributed by atoms with van der Waals surface area (Å²) >= 11 is 0. The van der Waals surface area contributed by atoms with Crippen molar-refractivity contribution in [2.45, 2.75) is 0 Å². The van der Waals surface area contributed by atoms with Gasteiger partial charge >= 0.3 is 5.69 Å². The molecule has 3 rings (SSSR count). The normalized spacial score (nSPS) is 10.8. The number of para-hydroxylation sites is 1. The number of rotatable bonds is 4. The van der Waals surface area contributed by atoms with Gasteiger partial charge in [0.15, 0.2) is 0 Å². The van der Waals surface area contributed by atoms with Crippen LogP contribution in [0, 0.1) is 0 Å². The summed E-state index contributed by atoms with van der Waals surface area (Å²) in [4.78, 5) is 30.8. The summed E-state index contributed by atoms with van der Waals surface area (Å²) in [6, 6.07) is 16.9. The van der Waals surface area contributed by atoms with Crippen molar-refractivity contribution in [2.24, 2.45) is 4.99 Å². The molecule has 7 heteroatoms. The molecule has 0 saturated heterocycles. The number of aromatic amines is 2. The predicted molar refractivity (Wildman–Crippen MR) is 92.8 cm³/mol. The van der Waals surface area contributed by atoms with E-state index in [-0.39, 0.29) is 5.56 Å². The molecule has 0 unspecified atom stereocenters. The van der Waals surface area contributed by atoms with Gasteiger partial charge in [-0.2, -0.15) is 0 Å². The molecule has 0 bridgehead atoms. The minimum atomic E-state index is -0.772. The molecule has 0 aliphatic heterocycles. The van der Waals surface area contributed by atoms with Crippen LogP contribution in [0.5, 0.6) is 5.88 Å². The molecule has 0 aliphatic rings. The van der Waals surface area contributed by atoms with E-state index in [9.17, 15) is 14.7 Å². The first kappa shape index (κ1) is 15.3. The van der Waals surface area contributed by atoms with E-state index in [0.717, 1.165) is 11.4 Å². The molecule has 0 amide bonds.